The van der Waals surface area contributed by atoms with Crippen LogP contribution in [0.4, 0.5) is 13.9 Å². The van der Waals surface area contributed by atoms with E-state index in [-0.39, 0.29) is 0 Å². The molecule has 0 atom stereocenters. The SMILES string of the molecule is NCCN(Cc1ccc(F)c(F)c1)c1nc2ccccc2s1. The molecule has 0 aliphatic heterocycles. The number of benzene rings is 2. The summed E-state index contributed by atoms with van der Waals surface area (Å²) in [5.74, 6) is -1.68. The first-order valence-electron chi connectivity index (χ1n) is 6.92. The maximum atomic E-state index is 13.4. The van der Waals surface area contributed by atoms with Crippen LogP contribution in [-0.2, 0) is 6.54 Å². The Morgan fingerprint density at radius 1 is 1.09 bits per heavy atom. The zero-order valence-electron chi connectivity index (χ0n) is 11.8. The van der Waals surface area contributed by atoms with Gasteiger partial charge in [0, 0.05) is 19.6 Å². The Hall–Kier alpha value is -2.05. The van der Waals surface area contributed by atoms with Crippen LogP contribution >= 0.6 is 11.3 Å². The number of nitrogens with zero attached hydrogens (tertiary/aromatic N) is 2. The highest BCUT2D eigenvalue weighted by Crippen LogP contribution is 2.29. The first-order chi connectivity index (χ1) is 10.7. The lowest BCUT2D eigenvalue weighted by Crippen LogP contribution is -2.28. The van der Waals surface area contributed by atoms with Crippen LogP contribution in [0.25, 0.3) is 10.2 Å². The maximum absolute atomic E-state index is 13.4. The molecule has 0 fully saturated rings. The molecule has 0 aliphatic carbocycles. The van der Waals surface area contributed by atoms with E-state index in [0.717, 1.165) is 21.4 Å². The lowest BCUT2D eigenvalue weighted by molar-refractivity contribution is 0.507. The number of rotatable bonds is 5. The summed E-state index contributed by atoms with van der Waals surface area (Å²) in [6.07, 6.45) is 0. The number of thiazole rings is 1. The molecule has 0 saturated heterocycles. The first kappa shape index (κ1) is 14.9. The van der Waals surface area contributed by atoms with E-state index in [1.807, 2.05) is 29.2 Å². The van der Waals surface area contributed by atoms with Crippen molar-refractivity contribution in [1.82, 2.24) is 4.98 Å². The van der Waals surface area contributed by atoms with Gasteiger partial charge < -0.3 is 10.6 Å². The Balaban J connectivity index is 1.89. The molecule has 0 unspecified atom stereocenters. The average Bonchev–Trinajstić information content (AvgIpc) is 2.94. The Bertz CT molecular complexity index is 755. The van der Waals surface area contributed by atoms with Crippen molar-refractivity contribution in [1.29, 1.82) is 0 Å². The smallest absolute Gasteiger partial charge is 0.186 e. The average molecular weight is 319 g/mol. The molecule has 0 radical (unpaired) electrons. The van der Waals surface area contributed by atoms with Crippen LogP contribution in [0, 0.1) is 11.6 Å². The van der Waals surface area contributed by atoms with Crippen LogP contribution < -0.4 is 10.6 Å². The summed E-state index contributed by atoms with van der Waals surface area (Å²) in [5.41, 5.74) is 7.28. The summed E-state index contributed by atoms with van der Waals surface area (Å²) in [4.78, 5) is 6.57. The second-order valence-corrected chi connectivity index (χ2v) is 5.93. The standard InChI is InChI=1S/C16H15F2N3S/c17-12-6-5-11(9-13(12)18)10-21(8-7-19)16-20-14-3-1-2-4-15(14)22-16/h1-6,9H,7-8,10,19H2. The molecule has 0 aliphatic rings. The third-order valence-corrected chi connectivity index (χ3v) is 4.41. The van der Waals surface area contributed by atoms with E-state index >= 15 is 0 Å². The summed E-state index contributed by atoms with van der Waals surface area (Å²) >= 11 is 1.56. The minimum atomic E-state index is -0.839. The van der Waals surface area contributed by atoms with E-state index in [4.69, 9.17) is 5.73 Å². The topological polar surface area (TPSA) is 42.1 Å². The Morgan fingerprint density at radius 3 is 2.64 bits per heavy atom. The Labute approximate surface area is 131 Å². The molecule has 0 saturated carbocycles. The Kier molecular flexibility index (Phi) is 4.31. The number of aromatic nitrogens is 1. The third kappa shape index (κ3) is 3.08. The van der Waals surface area contributed by atoms with E-state index in [9.17, 15) is 8.78 Å². The first-order valence-corrected chi connectivity index (χ1v) is 7.73. The number of nitrogens with two attached hydrogens (primary N) is 1. The number of halogens is 2. The van der Waals surface area contributed by atoms with Crippen molar-refractivity contribution in [3.63, 3.8) is 0 Å². The van der Waals surface area contributed by atoms with Crippen LogP contribution in [0.3, 0.4) is 0 Å². The predicted octanol–water partition coefficient (Wildman–Crippen LogP) is 3.54. The highest BCUT2D eigenvalue weighted by Gasteiger charge is 2.13. The molecule has 114 valence electrons. The second-order valence-electron chi connectivity index (χ2n) is 4.92. The number of hydrogen-bond donors (Lipinski definition) is 1. The summed E-state index contributed by atoms with van der Waals surface area (Å²) in [6, 6.07) is 11.8. The van der Waals surface area contributed by atoms with Gasteiger partial charge in [0.05, 0.1) is 10.2 Å². The zero-order valence-corrected chi connectivity index (χ0v) is 12.6. The number of fused-ring (bicyclic) bond motifs is 1. The predicted molar refractivity (Wildman–Crippen MR) is 86.1 cm³/mol. The van der Waals surface area contributed by atoms with Crippen molar-refractivity contribution < 1.29 is 8.78 Å². The van der Waals surface area contributed by atoms with Crippen molar-refractivity contribution in [2.24, 2.45) is 5.73 Å². The summed E-state index contributed by atoms with van der Waals surface area (Å²) in [7, 11) is 0. The largest absolute Gasteiger partial charge is 0.342 e. The molecular formula is C16H15F2N3S. The number of para-hydroxylation sites is 1. The third-order valence-electron chi connectivity index (χ3n) is 3.31. The fourth-order valence-corrected chi connectivity index (χ4v) is 3.24. The van der Waals surface area contributed by atoms with E-state index in [2.05, 4.69) is 4.98 Å². The number of anilines is 1. The molecule has 0 amide bonds. The molecule has 2 aromatic carbocycles. The van der Waals surface area contributed by atoms with Gasteiger partial charge in [0.1, 0.15) is 0 Å². The van der Waals surface area contributed by atoms with Gasteiger partial charge >= 0.3 is 0 Å². The van der Waals surface area contributed by atoms with Crippen molar-refractivity contribution >= 4 is 26.7 Å². The van der Waals surface area contributed by atoms with Gasteiger partial charge in [-0.2, -0.15) is 0 Å². The van der Waals surface area contributed by atoms with Crippen LogP contribution in [0.1, 0.15) is 5.56 Å². The minimum Gasteiger partial charge on any atom is -0.342 e. The second kappa shape index (κ2) is 6.37. The van der Waals surface area contributed by atoms with Gasteiger partial charge in [0.2, 0.25) is 0 Å². The van der Waals surface area contributed by atoms with Crippen molar-refractivity contribution in [2.45, 2.75) is 6.54 Å². The molecule has 1 aromatic heterocycles. The van der Waals surface area contributed by atoms with Crippen LogP contribution in [0.5, 0.6) is 0 Å². The molecule has 6 heteroatoms. The normalized spacial score (nSPS) is 11.0. The zero-order chi connectivity index (χ0) is 15.5. The summed E-state index contributed by atoms with van der Waals surface area (Å²) < 4.78 is 27.5. The van der Waals surface area contributed by atoms with Gasteiger partial charge in [-0.3, -0.25) is 0 Å². The van der Waals surface area contributed by atoms with Gasteiger partial charge in [0.25, 0.3) is 0 Å². The van der Waals surface area contributed by atoms with Crippen LogP contribution in [0.2, 0.25) is 0 Å². The summed E-state index contributed by atoms with van der Waals surface area (Å²) in [6.45, 7) is 1.49. The van der Waals surface area contributed by atoms with Crippen LogP contribution in [-0.4, -0.2) is 18.1 Å². The molecule has 3 rings (SSSR count). The van der Waals surface area contributed by atoms with Gasteiger partial charge in [-0.1, -0.05) is 29.5 Å². The fourth-order valence-electron chi connectivity index (χ4n) is 2.25. The summed E-state index contributed by atoms with van der Waals surface area (Å²) in [5, 5.41) is 0.830. The Morgan fingerprint density at radius 2 is 1.91 bits per heavy atom. The highest BCUT2D eigenvalue weighted by atomic mass is 32.1. The lowest BCUT2D eigenvalue weighted by atomic mass is 10.2. The highest BCUT2D eigenvalue weighted by molar-refractivity contribution is 7.22. The quantitative estimate of drug-likeness (QED) is 0.782. The van der Waals surface area contributed by atoms with E-state index in [1.54, 1.807) is 17.4 Å². The van der Waals surface area contributed by atoms with Crippen LogP contribution in [0.15, 0.2) is 42.5 Å². The van der Waals surface area contributed by atoms with Crippen molar-refractivity contribution in [2.75, 3.05) is 18.0 Å². The molecule has 0 bridgehead atoms. The number of hydrogen-bond acceptors (Lipinski definition) is 4. The molecule has 22 heavy (non-hydrogen) atoms. The van der Waals surface area contributed by atoms with Gasteiger partial charge in [-0.05, 0) is 29.8 Å². The molecule has 0 spiro atoms. The lowest BCUT2D eigenvalue weighted by Gasteiger charge is -2.21. The van der Waals surface area contributed by atoms with Gasteiger partial charge in [-0.15, -0.1) is 0 Å². The fraction of sp³-hybridized carbons (Fsp3) is 0.188. The van der Waals surface area contributed by atoms with E-state index < -0.39 is 11.6 Å². The van der Waals surface area contributed by atoms with Gasteiger partial charge in [0.15, 0.2) is 16.8 Å². The monoisotopic (exact) mass is 319 g/mol. The van der Waals surface area contributed by atoms with Crippen molar-refractivity contribution in [3.8, 4) is 0 Å². The molecule has 3 aromatic rings. The maximum Gasteiger partial charge on any atom is 0.186 e. The molecule has 1 heterocycles. The van der Waals surface area contributed by atoms with Gasteiger partial charge in [-0.25, -0.2) is 13.8 Å². The van der Waals surface area contributed by atoms with E-state index in [0.29, 0.717) is 25.2 Å². The molecule has 3 nitrogen and oxygen atoms in total. The minimum absolute atomic E-state index is 0.439. The molecule has 2 N–H and O–H groups in total. The molecular weight excluding hydrogens is 304 g/mol. The van der Waals surface area contributed by atoms with E-state index in [1.165, 1.54) is 6.07 Å². The van der Waals surface area contributed by atoms with Crippen molar-refractivity contribution in [3.05, 3.63) is 59.7 Å².